The molecule has 0 saturated carbocycles. The highest BCUT2D eigenvalue weighted by molar-refractivity contribution is 7.99. The number of rotatable bonds is 10. The van der Waals surface area contributed by atoms with Crippen molar-refractivity contribution in [3.8, 4) is 11.3 Å². The maximum absolute atomic E-state index is 11.7. The lowest BCUT2D eigenvalue weighted by Gasteiger charge is -2.03. The van der Waals surface area contributed by atoms with Crippen molar-refractivity contribution in [2.24, 2.45) is 7.05 Å². The molecule has 3 rings (SSSR count). The van der Waals surface area contributed by atoms with Crippen LogP contribution < -0.4 is 5.32 Å². The molecule has 0 atom stereocenters. The summed E-state index contributed by atoms with van der Waals surface area (Å²) in [7, 11) is 1.84. The van der Waals surface area contributed by atoms with E-state index in [0.29, 0.717) is 12.2 Å². The Morgan fingerprint density at radius 3 is 2.79 bits per heavy atom. The van der Waals surface area contributed by atoms with Crippen LogP contribution in [0.3, 0.4) is 0 Å². The first-order chi connectivity index (χ1) is 13.7. The molecule has 9 heteroatoms. The number of thioether (sulfide) groups is 1. The summed E-state index contributed by atoms with van der Waals surface area (Å²) < 4.78 is 12.6. The molecular weight excluding hydrogens is 378 g/mol. The van der Waals surface area contributed by atoms with Crippen LogP contribution in [0, 0.1) is 0 Å². The van der Waals surface area contributed by atoms with Crippen LogP contribution in [0.5, 0.6) is 0 Å². The molecule has 2 N–H and O–H groups in total. The van der Waals surface area contributed by atoms with E-state index in [-0.39, 0.29) is 5.97 Å². The Hall–Kier alpha value is -2.65. The van der Waals surface area contributed by atoms with Crippen LogP contribution >= 0.6 is 11.8 Å². The third kappa shape index (κ3) is 5.43. The molecule has 0 fully saturated rings. The zero-order valence-corrected chi connectivity index (χ0v) is 16.8. The molecule has 28 heavy (non-hydrogen) atoms. The summed E-state index contributed by atoms with van der Waals surface area (Å²) in [4.78, 5) is 11.7. The molecule has 148 valence electrons. The van der Waals surface area contributed by atoms with Gasteiger partial charge in [0.25, 0.3) is 0 Å². The fraction of sp³-hybridized carbons (Fsp3) is 0.368. The van der Waals surface area contributed by atoms with E-state index in [2.05, 4.69) is 20.8 Å². The van der Waals surface area contributed by atoms with Gasteiger partial charge in [0, 0.05) is 24.8 Å². The van der Waals surface area contributed by atoms with Crippen LogP contribution in [0.15, 0.2) is 46.0 Å². The SMILES string of the molecule is CCOC(=O)c1ccc(-c2ccc(C[NH2+]CCCSc3nnnn3C)o2)cc1. The number of hydrogen-bond acceptors (Lipinski definition) is 7. The number of esters is 1. The molecule has 0 aliphatic rings. The molecule has 8 nitrogen and oxygen atoms in total. The summed E-state index contributed by atoms with van der Waals surface area (Å²) in [5.41, 5.74) is 1.48. The quantitative estimate of drug-likeness (QED) is 0.314. The topological polar surface area (TPSA) is 99.6 Å². The predicted octanol–water partition coefficient (Wildman–Crippen LogP) is 1.89. The van der Waals surface area contributed by atoms with Crippen molar-refractivity contribution in [1.29, 1.82) is 0 Å². The second kappa shape index (κ2) is 10.0. The highest BCUT2D eigenvalue weighted by Gasteiger charge is 2.09. The number of aryl methyl sites for hydroxylation is 1. The number of nitrogens with zero attached hydrogens (tertiary/aromatic N) is 4. The lowest BCUT2D eigenvalue weighted by Crippen LogP contribution is -2.82. The van der Waals surface area contributed by atoms with Gasteiger partial charge >= 0.3 is 5.97 Å². The van der Waals surface area contributed by atoms with E-state index in [1.165, 1.54) is 0 Å². The average molecular weight is 402 g/mol. The molecular formula is C19H24N5O3S+. The maximum atomic E-state index is 11.7. The van der Waals surface area contributed by atoms with Crippen molar-refractivity contribution in [2.45, 2.75) is 25.0 Å². The normalized spacial score (nSPS) is 10.9. The van der Waals surface area contributed by atoms with Gasteiger partial charge in [-0.2, -0.15) is 0 Å². The molecule has 3 aromatic rings. The Morgan fingerprint density at radius 1 is 1.25 bits per heavy atom. The summed E-state index contributed by atoms with van der Waals surface area (Å²) in [6.45, 7) is 3.95. The largest absolute Gasteiger partial charge is 0.462 e. The Bertz CT molecular complexity index is 891. The average Bonchev–Trinajstić information content (AvgIpc) is 3.34. The lowest BCUT2D eigenvalue weighted by atomic mass is 10.1. The van der Waals surface area contributed by atoms with Gasteiger partial charge in [0.05, 0.1) is 18.7 Å². The third-order valence-electron chi connectivity index (χ3n) is 4.05. The van der Waals surface area contributed by atoms with Crippen LogP contribution in [0.2, 0.25) is 0 Å². The van der Waals surface area contributed by atoms with Crippen molar-refractivity contribution in [1.82, 2.24) is 20.2 Å². The van der Waals surface area contributed by atoms with Crippen LogP contribution in [-0.4, -0.2) is 45.1 Å². The number of carbonyl (C=O) groups excluding carboxylic acids is 1. The third-order valence-corrected chi connectivity index (χ3v) is 5.15. The molecule has 0 amide bonds. The standard InChI is InChI=1S/C19H23N5O3S/c1-3-26-18(25)15-7-5-14(6-8-15)17-10-9-16(27-17)13-20-11-4-12-28-19-21-22-23-24(19)2/h5-10,20H,3-4,11-13H2,1-2H3/p+1. The van der Waals surface area contributed by atoms with Crippen molar-refractivity contribution >= 4 is 17.7 Å². The van der Waals surface area contributed by atoms with E-state index < -0.39 is 0 Å². The molecule has 2 heterocycles. The monoisotopic (exact) mass is 402 g/mol. The molecule has 0 spiro atoms. The summed E-state index contributed by atoms with van der Waals surface area (Å²) in [6, 6.07) is 11.2. The highest BCUT2D eigenvalue weighted by atomic mass is 32.2. The second-order valence-corrected chi connectivity index (χ2v) is 7.19. The second-order valence-electron chi connectivity index (χ2n) is 6.13. The number of aromatic nitrogens is 4. The van der Waals surface area contributed by atoms with Crippen molar-refractivity contribution < 1.29 is 19.3 Å². The van der Waals surface area contributed by atoms with E-state index in [1.54, 1.807) is 35.5 Å². The van der Waals surface area contributed by atoms with Gasteiger partial charge in [0.15, 0.2) is 5.76 Å². The number of quaternary nitrogens is 1. The van der Waals surface area contributed by atoms with Crippen LogP contribution in [0.25, 0.3) is 11.3 Å². The molecule has 1 aromatic carbocycles. The van der Waals surface area contributed by atoms with Gasteiger partial charge in [-0.05, 0) is 41.6 Å². The zero-order valence-electron chi connectivity index (χ0n) is 16.0. The van der Waals surface area contributed by atoms with Crippen LogP contribution in [-0.2, 0) is 18.3 Å². The van der Waals surface area contributed by atoms with E-state index in [1.807, 2.05) is 31.3 Å². The van der Waals surface area contributed by atoms with Gasteiger partial charge in [-0.1, -0.05) is 23.9 Å². The Labute approximate surface area is 167 Å². The number of tetrazole rings is 1. The molecule has 2 aromatic heterocycles. The smallest absolute Gasteiger partial charge is 0.338 e. The maximum Gasteiger partial charge on any atom is 0.338 e. The predicted molar refractivity (Wildman–Crippen MR) is 105 cm³/mol. The number of carbonyl (C=O) groups is 1. The minimum absolute atomic E-state index is 0.308. The number of nitrogens with two attached hydrogens (primary N) is 1. The molecule has 0 aliphatic heterocycles. The van der Waals surface area contributed by atoms with E-state index >= 15 is 0 Å². The minimum atomic E-state index is -0.308. The summed E-state index contributed by atoms with van der Waals surface area (Å²) in [5.74, 6) is 2.39. The minimum Gasteiger partial charge on any atom is -0.462 e. The van der Waals surface area contributed by atoms with Gasteiger partial charge in [-0.3, -0.25) is 0 Å². The molecule has 0 unspecified atom stereocenters. The fourth-order valence-electron chi connectivity index (χ4n) is 2.61. The van der Waals surface area contributed by atoms with Gasteiger partial charge in [0.1, 0.15) is 12.3 Å². The van der Waals surface area contributed by atoms with Gasteiger partial charge in [-0.15, -0.1) is 5.10 Å². The lowest BCUT2D eigenvalue weighted by molar-refractivity contribution is -0.672. The zero-order chi connectivity index (χ0) is 19.8. The number of ether oxygens (including phenoxy) is 1. The van der Waals surface area contributed by atoms with E-state index in [0.717, 1.165) is 47.5 Å². The Morgan fingerprint density at radius 2 is 2.07 bits per heavy atom. The Kier molecular flexibility index (Phi) is 7.21. The molecule has 0 aliphatic carbocycles. The van der Waals surface area contributed by atoms with Crippen molar-refractivity contribution in [3.05, 3.63) is 47.7 Å². The van der Waals surface area contributed by atoms with Crippen LogP contribution in [0.1, 0.15) is 29.5 Å². The number of hydrogen-bond donors (Lipinski definition) is 1. The van der Waals surface area contributed by atoms with E-state index in [4.69, 9.17) is 9.15 Å². The fourth-order valence-corrected chi connectivity index (χ4v) is 3.42. The summed E-state index contributed by atoms with van der Waals surface area (Å²) in [5, 5.41) is 14.4. The van der Waals surface area contributed by atoms with Crippen LogP contribution in [0.4, 0.5) is 0 Å². The highest BCUT2D eigenvalue weighted by Crippen LogP contribution is 2.22. The van der Waals surface area contributed by atoms with Crippen molar-refractivity contribution in [3.63, 3.8) is 0 Å². The van der Waals surface area contributed by atoms with Crippen molar-refractivity contribution in [2.75, 3.05) is 18.9 Å². The number of furan rings is 1. The summed E-state index contributed by atoms with van der Waals surface area (Å²) >= 11 is 1.66. The Balaban J connectivity index is 1.41. The van der Waals surface area contributed by atoms with Gasteiger partial charge in [0.2, 0.25) is 5.16 Å². The molecule has 0 saturated heterocycles. The first kappa shape index (κ1) is 20.1. The molecule has 0 bridgehead atoms. The van der Waals surface area contributed by atoms with E-state index in [9.17, 15) is 4.79 Å². The number of benzene rings is 1. The molecule has 0 radical (unpaired) electrons. The first-order valence-corrected chi connectivity index (χ1v) is 10.2. The van der Waals surface area contributed by atoms with Gasteiger partial charge in [-0.25, -0.2) is 9.48 Å². The van der Waals surface area contributed by atoms with Gasteiger partial charge < -0.3 is 14.5 Å². The first-order valence-electron chi connectivity index (χ1n) is 9.20. The summed E-state index contributed by atoms with van der Waals surface area (Å²) in [6.07, 6.45) is 1.06.